The van der Waals surface area contributed by atoms with Gasteiger partial charge in [0.1, 0.15) is 0 Å². The summed E-state index contributed by atoms with van der Waals surface area (Å²) in [7, 11) is 3.94. The van der Waals surface area contributed by atoms with E-state index in [1.54, 1.807) is 12.1 Å². The van der Waals surface area contributed by atoms with Crippen molar-refractivity contribution < 1.29 is 9.59 Å². The van der Waals surface area contributed by atoms with E-state index in [-0.39, 0.29) is 18.4 Å². The highest BCUT2D eigenvalue weighted by atomic mass is 35.5. The first-order valence-electron chi connectivity index (χ1n) is 9.27. The van der Waals surface area contributed by atoms with E-state index in [1.807, 2.05) is 65.2 Å². The second-order valence-electron chi connectivity index (χ2n) is 7.04. The lowest BCUT2D eigenvalue weighted by Gasteiger charge is -2.34. The van der Waals surface area contributed by atoms with Crippen molar-refractivity contribution >= 4 is 34.8 Å². The van der Waals surface area contributed by atoms with Crippen molar-refractivity contribution in [3.8, 4) is 0 Å². The van der Waals surface area contributed by atoms with Crippen molar-refractivity contribution in [1.29, 1.82) is 0 Å². The van der Waals surface area contributed by atoms with Crippen LogP contribution in [0, 0.1) is 0 Å². The highest BCUT2D eigenvalue weighted by molar-refractivity contribution is 6.33. The summed E-state index contributed by atoms with van der Waals surface area (Å²) in [5.41, 5.74) is 2.37. The molecule has 148 valence electrons. The number of halogens is 1. The third-order valence-electron chi connectivity index (χ3n) is 4.81. The molecule has 0 aromatic heterocycles. The molecule has 1 heterocycles. The quantitative estimate of drug-likeness (QED) is 0.838. The molecular formula is C21H25ClN4O2. The van der Waals surface area contributed by atoms with Crippen molar-refractivity contribution in [1.82, 2.24) is 9.80 Å². The number of carbonyl (C=O) groups excluding carboxylic acids is 2. The lowest BCUT2D eigenvalue weighted by molar-refractivity contribution is -0.117. The molecule has 2 amide bonds. The van der Waals surface area contributed by atoms with Gasteiger partial charge < -0.3 is 15.1 Å². The van der Waals surface area contributed by atoms with Crippen LogP contribution in [0.1, 0.15) is 10.4 Å². The Kier molecular flexibility index (Phi) is 6.54. The summed E-state index contributed by atoms with van der Waals surface area (Å²) in [6.45, 7) is 2.82. The molecule has 1 saturated heterocycles. The number of piperazine rings is 1. The molecule has 0 atom stereocenters. The van der Waals surface area contributed by atoms with Gasteiger partial charge in [-0.15, -0.1) is 0 Å². The van der Waals surface area contributed by atoms with Gasteiger partial charge in [-0.1, -0.05) is 23.7 Å². The molecular weight excluding hydrogens is 376 g/mol. The molecule has 0 aliphatic carbocycles. The van der Waals surface area contributed by atoms with Crippen LogP contribution in [0.25, 0.3) is 0 Å². The van der Waals surface area contributed by atoms with Crippen molar-refractivity contribution in [2.45, 2.75) is 0 Å². The Morgan fingerprint density at radius 3 is 2.25 bits per heavy atom. The second-order valence-corrected chi connectivity index (χ2v) is 7.44. The van der Waals surface area contributed by atoms with Crippen LogP contribution in [-0.4, -0.2) is 68.4 Å². The van der Waals surface area contributed by atoms with E-state index in [4.69, 9.17) is 11.6 Å². The van der Waals surface area contributed by atoms with E-state index in [0.29, 0.717) is 42.5 Å². The number of para-hydroxylation sites is 1. The normalized spacial score (nSPS) is 14.6. The van der Waals surface area contributed by atoms with Gasteiger partial charge in [-0.25, -0.2) is 0 Å². The number of amides is 2. The molecule has 0 spiro atoms. The third-order valence-corrected chi connectivity index (χ3v) is 5.13. The van der Waals surface area contributed by atoms with E-state index in [0.717, 1.165) is 5.69 Å². The molecule has 28 heavy (non-hydrogen) atoms. The minimum Gasteiger partial charge on any atom is -0.378 e. The van der Waals surface area contributed by atoms with Crippen LogP contribution >= 0.6 is 11.6 Å². The van der Waals surface area contributed by atoms with Gasteiger partial charge in [-0.3, -0.25) is 14.5 Å². The average molecular weight is 401 g/mol. The van der Waals surface area contributed by atoms with Crippen LogP contribution in [0.3, 0.4) is 0 Å². The zero-order valence-corrected chi connectivity index (χ0v) is 16.9. The van der Waals surface area contributed by atoms with Gasteiger partial charge >= 0.3 is 0 Å². The van der Waals surface area contributed by atoms with Gasteiger partial charge in [0, 0.05) is 51.5 Å². The number of rotatable bonds is 5. The van der Waals surface area contributed by atoms with E-state index >= 15 is 0 Å². The molecule has 1 N–H and O–H groups in total. The molecule has 0 saturated carbocycles. The molecule has 6 nitrogen and oxygen atoms in total. The summed E-state index contributed by atoms with van der Waals surface area (Å²) in [6.07, 6.45) is 0. The lowest BCUT2D eigenvalue weighted by Crippen LogP contribution is -2.50. The van der Waals surface area contributed by atoms with Gasteiger partial charge in [0.2, 0.25) is 5.91 Å². The summed E-state index contributed by atoms with van der Waals surface area (Å²) in [5, 5.41) is 3.35. The number of hydrogen-bond donors (Lipinski definition) is 1. The molecule has 7 heteroatoms. The summed E-state index contributed by atoms with van der Waals surface area (Å²) in [6, 6.07) is 14.8. The van der Waals surface area contributed by atoms with Crippen molar-refractivity contribution in [3.63, 3.8) is 0 Å². The van der Waals surface area contributed by atoms with Crippen molar-refractivity contribution in [2.24, 2.45) is 0 Å². The predicted molar refractivity (Wildman–Crippen MR) is 113 cm³/mol. The fourth-order valence-electron chi connectivity index (χ4n) is 3.15. The minimum absolute atomic E-state index is 0.0328. The van der Waals surface area contributed by atoms with Crippen LogP contribution < -0.4 is 10.2 Å². The molecule has 0 bridgehead atoms. The standard InChI is InChI=1S/C21H25ClN4O2/c1-24(2)17-9-7-16(8-10-17)21(28)26-13-11-25(12-14-26)15-20(27)23-19-6-4-3-5-18(19)22/h3-10H,11-15H2,1-2H3,(H,23,27). The summed E-state index contributed by atoms with van der Waals surface area (Å²) >= 11 is 6.08. The Morgan fingerprint density at radius 1 is 1.00 bits per heavy atom. The number of nitrogens with zero attached hydrogens (tertiary/aromatic N) is 3. The molecule has 2 aromatic rings. The molecule has 0 unspecified atom stereocenters. The first kappa shape index (κ1) is 20.2. The molecule has 0 radical (unpaired) electrons. The zero-order valence-electron chi connectivity index (χ0n) is 16.2. The van der Waals surface area contributed by atoms with Crippen LogP contribution in [0.15, 0.2) is 48.5 Å². The summed E-state index contributed by atoms with van der Waals surface area (Å²) in [4.78, 5) is 30.8. The maximum absolute atomic E-state index is 12.7. The third kappa shape index (κ3) is 5.03. The van der Waals surface area contributed by atoms with Crippen LogP contribution in [-0.2, 0) is 4.79 Å². The maximum Gasteiger partial charge on any atom is 0.253 e. The second kappa shape index (κ2) is 9.08. The topological polar surface area (TPSA) is 55.9 Å². The zero-order chi connectivity index (χ0) is 20.1. The number of benzene rings is 2. The SMILES string of the molecule is CN(C)c1ccc(C(=O)N2CCN(CC(=O)Nc3ccccc3Cl)CC2)cc1. The van der Waals surface area contributed by atoms with Crippen LogP contribution in [0.4, 0.5) is 11.4 Å². The highest BCUT2D eigenvalue weighted by Gasteiger charge is 2.23. The van der Waals surface area contributed by atoms with Gasteiger partial charge in [-0.2, -0.15) is 0 Å². The van der Waals surface area contributed by atoms with Gasteiger partial charge in [-0.05, 0) is 36.4 Å². The summed E-state index contributed by atoms with van der Waals surface area (Å²) in [5.74, 6) is -0.0716. The van der Waals surface area contributed by atoms with Gasteiger partial charge in [0.25, 0.3) is 5.91 Å². The Morgan fingerprint density at radius 2 is 1.64 bits per heavy atom. The first-order valence-corrected chi connectivity index (χ1v) is 9.65. The minimum atomic E-state index is -0.104. The van der Waals surface area contributed by atoms with Crippen molar-refractivity contribution in [2.75, 3.05) is 57.0 Å². The Labute approximate surface area is 170 Å². The van der Waals surface area contributed by atoms with Crippen LogP contribution in [0.2, 0.25) is 5.02 Å². The molecule has 1 aliphatic heterocycles. The number of hydrogen-bond acceptors (Lipinski definition) is 4. The molecule has 3 rings (SSSR count). The van der Waals surface area contributed by atoms with E-state index < -0.39 is 0 Å². The average Bonchev–Trinajstić information content (AvgIpc) is 2.70. The number of anilines is 2. The smallest absolute Gasteiger partial charge is 0.253 e. The Balaban J connectivity index is 1.49. The molecule has 1 aliphatic rings. The number of nitrogens with one attached hydrogen (secondary N) is 1. The fraction of sp³-hybridized carbons (Fsp3) is 0.333. The van der Waals surface area contributed by atoms with Gasteiger partial charge in [0.15, 0.2) is 0 Å². The molecule has 1 fully saturated rings. The Bertz CT molecular complexity index is 831. The largest absolute Gasteiger partial charge is 0.378 e. The first-order chi connectivity index (χ1) is 13.4. The summed E-state index contributed by atoms with van der Waals surface area (Å²) < 4.78 is 0. The Hall–Kier alpha value is -2.57. The van der Waals surface area contributed by atoms with Crippen molar-refractivity contribution in [3.05, 3.63) is 59.1 Å². The maximum atomic E-state index is 12.7. The predicted octanol–water partition coefficient (Wildman–Crippen LogP) is 2.80. The fourth-order valence-corrected chi connectivity index (χ4v) is 3.33. The number of carbonyl (C=O) groups is 2. The van der Waals surface area contributed by atoms with E-state index in [2.05, 4.69) is 5.32 Å². The molecule has 2 aromatic carbocycles. The van der Waals surface area contributed by atoms with Crippen LogP contribution in [0.5, 0.6) is 0 Å². The van der Waals surface area contributed by atoms with E-state index in [1.165, 1.54) is 0 Å². The highest BCUT2D eigenvalue weighted by Crippen LogP contribution is 2.20. The van der Waals surface area contributed by atoms with Gasteiger partial charge in [0.05, 0.1) is 17.3 Å². The van der Waals surface area contributed by atoms with E-state index in [9.17, 15) is 9.59 Å². The monoisotopic (exact) mass is 400 g/mol. The lowest BCUT2D eigenvalue weighted by atomic mass is 10.1.